The second-order valence-electron chi connectivity index (χ2n) is 7.17. The fraction of sp³-hybridized carbons (Fsp3) is 0.0952. The number of aromatic nitrogens is 8. The number of hydrogen-bond donors (Lipinski definition) is 2. The van der Waals surface area contributed by atoms with Gasteiger partial charge in [0.1, 0.15) is 11.2 Å². The van der Waals surface area contributed by atoms with Gasteiger partial charge < -0.3 is 4.98 Å². The Balaban J connectivity index is 1.52. The first kappa shape index (κ1) is 17.0. The highest BCUT2D eigenvalue weighted by atomic mass is 32.1. The van der Waals surface area contributed by atoms with E-state index in [0.29, 0.717) is 5.82 Å². The zero-order valence-electron chi connectivity index (χ0n) is 16.2. The Morgan fingerprint density at radius 1 is 1.07 bits per heavy atom. The molecular formula is C21H16N8S. The van der Waals surface area contributed by atoms with Crippen LogP contribution in [0.3, 0.4) is 0 Å². The summed E-state index contributed by atoms with van der Waals surface area (Å²) in [6.07, 6.45) is 9.20. The molecule has 6 heterocycles. The Kier molecular flexibility index (Phi) is 3.59. The lowest BCUT2D eigenvalue weighted by molar-refractivity contribution is 0.768. The summed E-state index contributed by atoms with van der Waals surface area (Å²) < 4.78 is 1.76. The van der Waals surface area contributed by atoms with E-state index in [1.54, 1.807) is 34.6 Å². The van der Waals surface area contributed by atoms with E-state index in [9.17, 15) is 0 Å². The van der Waals surface area contributed by atoms with Crippen LogP contribution in [0.25, 0.3) is 55.2 Å². The Bertz CT molecular complexity index is 1530. The highest BCUT2D eigenvalue weighted by Crippen LogP contribution is 2.34. The summed E-state index contributed by atoms with van der Waals surface area (Å²) in [6, 6.07) is 6.24. The molecule has 0 atom stereocenters. The van der Waals surface area contributed by atoms with Crippen LogP contribution in [-0.2, 0) is 7.05 Å². The van der Waals surface area contributed by atoms with Crippen molar-refractivity contribution in [3.05, 3.63) is 54.1 Å². The van der Waals surface area contributed by atoms with Gasteiger partial charge in [-0.2, -0.15) is 10.2 Å². The van der Waals surface area contributed by atoms with Gasteiger partial charge in [-0.3, -0.25) is 19.7 Å². The number of nitrogens with one attached hydrogen (secondary N) is 2. The van der Waals surface area contributed by atoms with E-state index in [2.05, 4.69) is 49.3 Å². The Hall–Kier alpha value is -3.85. The Morgan fingerprint density at radius 3 is 2.80 bits per heavy atom. The predicted molar refractivity (Wildman–Crippen MR) is 117 cm³/mol. The molecule has 0 amide bonds. The molecule has 0 fully saturated rings. The second kappa shape index (κ2) is 6.33. The predicted octanol–water partition coefficient (Wildman–Crippen LogP) is 4.33. The molecule has 0 spiro atoms. The molecule has 0 unspecified atom stereocenters. The first-order valence-electron chi connectivity index (χ1n) is 9.40. The van der Waals surface area contributed by atoms with Crippen molar-refractivity contribution < 1.29 is 0 Å². The molecule has 146 valence electrons. The summed E-state index contributed by atoms with van der Waals surface area (Å²) in [6.45, 7) is 2.10. The van der Waals surface area contributed by atoms with E-state index < -0.39 is 0 Å². The molecule has 0 aliphatic carbocycles. The summed E-state index contributed by atoms with van der Waals surface area (Å²) in [7, 11) is 1.89. The maximum atomic E-state index is 4.89. The third-order valence-corrected chi connectivity index (χ3v) is 6.11. The van der Waals surface area contributed by atoms with Crippen molar-refractivity contribution in [2.45, 2.75) is 6.92 Å². The van der Waals surface area contributed by atoms with Gasteiger partial charge in [0, 0.05) is 45.7 Å². The van der Waals surface area contributed by atoms with Gasteiger partial charge in [0.25, 0.3) is 0 Å². The number of thiophene rings is 1. The molecule has 0 aliphatic heterocycles. The molecule has 6 aromatic heterocycles. The Labute approximate surface area is 174 Å². The van der Waals surface area contributed by atoms with Crippen LogP contribution in [0.1, 0.15) is 4.88 Å². The monoisotopic (exact) mass is 412 g/mol. The highest BCUT2D eigenvalue weighted by Gasteiger charge is 2.17. The van der Waals surface area contributed by atoms with Crippen LogP contribution in [0, 0.1) is 6.92 Å². The van der Waals surface area contributed by atoms with Crippen molar-refractivity contribution in [3.8, 4) is 33.2 Å². The molecule has 6 aromatic rings. The molecule has 9 heteroatoms. The van der Waals surface area contributed by atoms with Crippen LogP contribution in [0.4, 0.5) is 0 Å². The first-order valence-corrected chi connectivity index (χ1v) is 10.2. The van der Waals surface area contributed by atoms with E-state index in [-0.39, 0.29) is 0 Å². The van der Waals surface area contributed by atoms with Crippen molar-refractivity contribution in [1.82, 2.24) is 39.9 Å². The van der Waals surface area contributed by atoms with Gasteiger partial charge in [0.05, 0.1) is 35.3 Å². The van der Waals surface area contributed by atoms with Gasteiger partial charge in [0.15, 0.2) is 5.82 Å². The molecule has 2 N–H and O–H groups in total. The molecule has 0 saturated carbocycles. The van der Waals surface area contributed by atoms with Gasteiger partial charge in [-0.05, 0) is 25.1 Å². The highest BCUT2D eigenvalue weighted by molar-refractivity contribution is 7.15. The molecule has 30 heavy (non-hydrogen) atoms. The third kappa shape index (κ3) is 2.63. The van der Waals surface area contributed by atoms with Crippen LogP contribution in [0.15, 0.2) is 49.2 Å². The van der Waals surface area contributed by atoms with Crippen molar-refractivity contribution in [2.75, 3.05) is 0 Å². The van der Waals surface area contributed by atoms with Gasteiger partial charge in [-0.15, -0.1) is 11.3 Å². The molecule has 6 rings (SSSR count). The number of aryl methyl sites for hydroxylation is 2. The van der Waals surface area contributed by atoms with Gasteiger partial charge in [-0.1, -0.05) is 0 Å². The largest absolute Gasteiger partial charge is 0.335 e. The molecule has 8 nitrogen and oxygen atoms in total. The topological polar surface area (TPSA) is 101 Å². The van der Waals surface area contributed by atoms with Crippen molar-refractivity contribution >= 4 is 33.3 Å². The number of H-pyrrole nitrogens is 2. The van der Waals surface area contributed by atoms with E-state index in [0.717, 1.165) is 49.3 Å². The smallest absolute Gasteiger partial charge is 0.159 e. The summed E-state index contributed by atoms with van der Waals surface area (Å²) in [4.78, 5) is 19.6. The van der Waals surface area contributed by atoms with Crippen LogP contribution in [0.2, 0.25) is 0 Å². The third-order valence-electron chi connectivity index (χ3n) is 5.07. The zero-order chi connectivity index (χ0) is 20.2. The van der Waals surface area contributed by atoms with E-state index in [4.69, 9.17) is 4.98 Å². The van der Waals surface area contributed by atoms with Crippen LogP contribution in [0.5, 0.6) is 0 Å². The minimum absolute atomic E-state index is 0.696. The standard InChI is InChI=1S/C21H16N8S/c1-11-3-4-18(30-11)14-7-22-8-17-19(14)26-21(25-17)20-13-5-15(12-6-24-29(2)10-12)23-9-16(13)27-28-20/h3-10H,1-2H3,(H,25,26)(H,27,28). The van der Waals surface area contributed by atoms with E-state index in [1.165, 1.54) is 4.88 Å². The van der Waals surface area contributed by atoms with Crippen LogP contribution in [-0.4, -0.2) is 39.9 Å². The summed E-state index contributed by atoms with van der Waals surface area (Å²) in [5.74, 6) is 0.696. The molecule has 0 bridgehead atoms. The quantitative estimate of drug-likeness (QED) is 0.450. The maximum Gasteiger partial charge on any atom is 0.159 e. The SMILES string of the molecule is Cc1ccc(-c2cncc3[nH]c(-c4n[nH]c5cnc(-c6cnn(C)c6)cc45)nc23)s1. The fourth-order valence-corrected chi connectivity index (χ4v) is 4.49. The molecule has 0 radical (unpaired) electrons. The van der Waals surface area contributed by atoms with E-state index >= 15 is 0 Å². The number of rotatable bonds is 3. The van der Waals surface area contributed by atoms with Gasteiger partial charge >= 0.3 is 0 Å². The van der Waals surface area contributed by atoms with E-state index in [1.807, 2.05) is 25.5 Å². The number of hydrogen-bond acceptors (Lipinski definition) is 6. The van der Waals surface area contributed by atoms with Gasteiger partial charge in [0.2, 0.25) is 0 Å². The zero-order valence-corrected chi connectivity index (χ0v) is 17.0. The minimum atomic E-state index is 0.696. The van der Waals surface area contributed by atoms with Crippen LogP contribution < -0.4 is 0 Å². The average Bonchev–Trinajstić information content (AvgIpc) is 3.52. The summed E-state index contributed by atoms with van der Waals surface area (Å²) in [5, 5.41) is 12.8. The number of pyridine rings is 2. The minimum Gasteiger partial charge on any atom is -0.335 e. The lowest BCUT2D eigenvalue weighted by Crippen LogP contribution is -1.85. The number of nitrogens with zero attached hydrogens (tertiary/aromatic N) is 6. The Morgan fingerprint density at radius 2 is 2.00 bits per heavy atom. The lowest BCUT2D eigenvalue weighted by atomic mass is 10.1. The van der Waals surface area contributed by atoms with Gasteiger partial charge in [-0.25, -0.2) is 4.98 Å². The molecule has 0 saturated heterocycles. The molecule has 0 aromatic carbocycles. The average molecular weight is 412 g/mol. The maximum absolute atomic E-state index is 4.89. The summed E-state index contributed by atoms with van der Waals surface area (Å²) in [5.41, 5.74) is 6.19. The normalized spacial score (nSPS) is 11.7. The number of aromatic amines is 2. The van der Waals surface area contributed by atoms with Crippen molar-refractivity contribution in [1.29, 1.82) is 0 Å². The fourth-order valence-electron chi connectivity index (χ4n) is 3.61. The number of imidazole rings is 1. The van der Waals surface area contributed by atoms with Crippen molar-refractivity contribution in [3.63, 3.8) is 0 Å². The molecular weight excluding hydrogens is 396 g/mol. The molecule has 0 aliphatic rings. The van der Waals surface area contributed by atoms with Crippen LogP contribution >= 0.6 is 11.3 Å². The number of fused-ring (bicyclic) bond motifs is 2. The second-order valence-corrected chi connectivity index (χ2v) is 8.46. The first-order chi connectivity index (χ1) is 14.7. The van der Waals surface area contributed by atoms with Crippen molar-refractivity contribution in [2.24, 2.45) is 7.05 Å². The summed E-state index contributed by atoms with van der Waals surface area (Å²) >= 11 is 1.73. The lowest BCUT2D eigenvalue weighted by Gasteiger charge is -1.98.